The fourth-order valence-corrected chi connectivity index (χ4v) is 2.52. The van der Waals surface area contributed by atoms with Crippen molar-refractivity contribution in [2.75, 3.05) is 19.8 Å². The van der Waals surface area contributed by atoms with Crippen LogP contribution in [0.3, 0.4) is 0 Å². The second-order valence-electron chi connectivity index (χ2n) is 5.39. The van der Waals surface area contributed by atoms with Crippen LogP contribution in [0.25, 0.3) is 0 Å². The Hall–Kier alpha value is -1.37. The summed E-state index contributed by atoms with van der Waals surface area (Å²) in [6.07, 6.45) is 1.60. The molecule has 1 unspecified atom stereocenters. The Morgan fingerprint density at radius 2 is 2.17 bits per heavy atom. The Bertz CT molecular complexity index is 510. The summed E-state index contributed by atoms with van der Waals surface area (Å²) in [4.78, 5) is 12.1. The highest BCUT2D eigenvalue weighted by molar-refractivity contribution is 5.85. The van der Waals surface area contributed by atoms with E-state index in [9.17, 15) is 9.18 Å². The van der Waals surface area contributed by atoms with Gasteiger partial charge in [0.25, 0.3) is 0 Å². The van der Waals surface area contributed by atoms with Crippen molar-refractivity contribution in [3.63, 3.8) is 0 Å². The topological polar surface area (TPSA) is 73.6 Å². The molecule has 1 atom stereocenters. The summed E-state index contributed by atoms with van der Waals surface area (Å²) < 4.78 is 24.1. The van der Waals surface area contributed by atoms with Gasteiger partial charge in [0.15, 0.2) is 11.6 Å². The third kappa shape index (κ3) is 5.64. The van der Waals surface area contributed by atoms with E-state index in [1.165, 1.54) is 6.07 Å². The Labute approximate surface area is 142 Å². The van der Waals surface area contributed by atoms with E-state index in [-0.39, 0.29) is 36.5 Å². The molecule has 3 N–H and O–H groups in total. The number of rotatable bonds is 6. The van der Waals surface area contributed by atoms with Crippen LogP contribution in [0.5, 0.6) is 5.75 Å². The molecule has 1 aliphatic heterocycles. The maximum Gasteiger partial charge on any atom is 0.237 e. The third-order valence-corrected chi connectivity index (χ3v) is 3.84. The maximum absolute atomic E-state index is 13.7. The molecule has 0 aliphatic carbocycles. The number of hydrogen-bond acceptors (Lipinski definition) is 4. The summed E-state index contributed by atoms with van der Waals surface area (Å²) in [5, 5.41) is 2.76. The highest BCUT2D eigenvalue weighted by atomic mass is 35.5. The lowest BCUT2D eigenvalue weighted by molar-refractivity contribution is -0.124. The monoisotopic (exact) mass is 346 g/mol. The number of ether oxygens (including phenoxy) is 2. The van der Waals surface area contributed by atoms with Crippen LogP contribution in [-0.4, -0.2) is 31.8 Å². The lowest BCUT2D eigenvalue weighted by Gasteiger charge is -2.26. The second kappa shape index (κ2) is 9.70. The molecule has 1 aromatic rings. The van der Waals surface area contributed by atoms with Gasteiger partial charge in [0, 0.05) is 19.8 Å². The number of amides is 1. The first kappa shape index (κ1) is 19.7. The van der Waals surface area contributed by atoms with Crippen LogP contribution in [0.1, 0.15) is 25.3 Å². The molecular weight excluding hydrogens is 323 g/mol. The van der Waals surface area contributed by atoms with Gasteiger partial charge in [-0.05, 0) is 43.4 Å². The molecule has 1 aliphatic rings. The van der Waals surface area contributed by atoms with Crippen molar-refractivity contribution in [2.45, 2.75) is 32.4 Å². The van der Waals surface area contributed by atoms with Gasteiger partial charge in [-0.3, -0.25) is 4.79 Å². The van der Waals surface area contributed by atoms with E-state index in [4.69, 9.17) is 15.2 Å². The number of benzene rings is 1. The summed E-state index contributed by atoms with van der Waals surface area (Å²) in [7, 11) is 0. The van der Waals surface area contributed by atoms with Gasteiger partial charge in [0.05, 0.1) is 12.6 Å². The van der Waals surface area contributed by atoms with E-state index in [1.807, 2.05) is 0 Å². The molecule has 130 valence electrons. The molecular formula is C16H24ClFN2O3. The van der Waals surface area contributed by atoms with Gasteiger partial charge < -0.3 is 20.5 Å². The van der Waals surface area contributed by atoms with Crippen LogP contribution in [0.2, 0.25) is 0 Å². The zero-order chi connectivity index (χ0) is 15.9. The minimum Gasteiger partial charge on any atom is -0.491 e. The summed E-state index contributed by atoms with van der Waals surface area (Å²) in [5.41, 5.74) is 6.66. The maximum atomic E-state index is 13.7. The molecule has 1 saturated heterocycles. The first-order valence-corrected chi connectivity index (χ1v) is 7.64. The van der Waals surface area contributed by atoms with Crippen molar-refractivity contribution < 1.29 is 18.7 Å². The van der Waals surface area contributed by atoms with Crippen LogP contribution in [-0.2, 0) is 16.1 Å². The van der Waals surface area contributed by atoms with Gasteiger partial charge in [-0.2, -0.15) is 0 Å². The van der Waals surface area contributed by atoms with Gasteiger partial charge in [-0.25, -0.2) is 4.39 Å². The summed E-state index contributed by atoms with van der Waals surface area (Å²) in [5.74, 6) is -0.272. The first-order valence-electron chi connectivity index (χ1n) is 7.64. The molecule has 0 radical (unpaired) electrons. The van der Waals surface area contributed by atoms with Crippen molar-refractivity contribution in [1.82, 2.24) is 5.32 Å². The van der Waals surface area contributed by atoms with Crippen LogP contribution in [0, 0.1) is 11.7 Å². The molecule has 1 fully saturated rings. The number of carbonyl (C=O) groups excluding carboxylic acids is 1. The van der Waals surface area contributed by atoms with E-state index in [0.717, 1.165) is 12.8 Å². The molecule has 1 aromatic carbocycles. The van der Waals surface area contributed by atoms with Crippen LogP contribution in [0.4, 0.5) is 4.39 Å². The quantitative estimate of drug-likeness (QED) is 0.826. The summed E-state index contributed by atoms with van der Waals surface area (Å²) in [6, 6.07) is 4.12. The fourth-order valence-electron chi connectivity index (χ4n) is 2.52. The Balaban J connectivity index is 0.00000264. The molecule has 1 heterocycles. The minimum absolute atomic E-state index is 0. The molecule has 23 heavy (non-hydrogen) atoms. The summed E-state index contributed by atoms with van der Waals surface area (Å²) in [6.45, 7) is 3.75. The van der Waals surface area contributed by atoms with Gasteiger partial charge in [0.2, 0.25) is 5.91 Å². The van der Waals surface area contributed by atoms with Crippen LogP contribution < -0.4 is 15.8 Å². The van der Waals surface area contributed by atoms with E-state index in [0.29, 0.717) is 25.4 Å². The van der Waals surface area contributed by atoms with Crippen molar-refractivity contribution in [3.8, 4) is 5.75 Å². The van der Waals surface area contributed by atoms with Gasteiger partial charge in [0.1, 0.15) is 0 Å². The standard InChI is InChI=1S/C16H23FN2O3.ClH/c1-2-22-14-4-3-11(9-13(14)17)10-19-16(20)15(18)12-5-7-21-8-6-12;/h3-4,9,12,15H,2,5-8,10,18H2,1H3,(H,19,20);1H. The first-order chi connectivity index (χ1) is 10.6. The highest BCUT2D eigenvalue weighted by Crippen LogP contribution is 2.19. The van der Waals surface area contributed by atoms with Crippen molar-refractivity contribution in [3.05, 3.63) is 29.6 Å². The van der Waals surface area contributed by atoms with Crippen LogP contribution >= 0.6 is 12.4 Å². The smallest absolute Gasteiger partial charge is 0.237 e. The lowest BCUT2D eigenvalue weighted by atomic mass is 9.92. The summed E-state index contributed by atoms with van der Waals surface area (Å²) >= 11 is 0. The van der Waals surface area contributed by atoms with Crippen molar-refractivity contribution in [2.24, 2.45) is 11.7 Å². The average Bonchev–Trinajstić information content (AvgIpc) is 2.55. The third-order valence-electron chi connectivity index (χ3n) is 3.84. The van der Waals surface area contributed by atoms with Gasteiger partial charge >= 0.3 is 0 Å². The zero-order valence-corrected chi connectivity index (χ0v) is 14.0. The largest absolute Gasteiger partial charge is 0.491 e. The van der Waals surface area contributed by atoms with Crippen molar-refractivity contribution in [1.29, 1.82) is 0 Å². The molecule has 5 nitrogen and oxygen atoms in total. The predicted molar refractivity (Wildman–Crippen MR) is 88.2 cm³/mol. The van der Waals surface area contributed by atoms with E-state index in [1.54, 1.807) is 19.1 Å². The lowest BCUT2D eigenvalue weighted by Crippen LogP contribution is -2.46. The second-order valence-corrected chi connectivity index (χ2v) is 5.39. The number of nitrogens with two attached hydrogens (primary N) is 1. The number of halogens is 2. The molecule has 1 amide bonds. The predicted octanol–water partition coefficient (Wildman–Crippen LogP) is 2.02. The molecule has 0 bridgehead atoms. The van der Waals surface area contributed by atoms with E-state index >= 15 is 0 Å². The fraction of sp³-hybridized carbons (Fsp3) is 0.562. The van der Waals surface area contributed by atoms with E-state index in [2.05, 4.69) is 5.32 Å². The Morgan fingerprint density at radius 1 is 1.48 bits per heavy atom. The number of carbonyl (C=O) groups is 1. The molecule has 0 aromatic heterocycles. The SMILES string of the molecule is CCOc1ccc(CNC(=O)C(N)C2CCOCC2)cc1F.Cl. The minimum atomic E-state index is -0.545. The molecule has 0 saturated carbocycles. The average molecular weight is 347 g/mol. The van der Waals surface area contributed by atoms with E-state index < -0.39 is 11.9 Å². The molecule has 0 spiro atoms. The molecule has 2 rings (SSSR count). The molecule has 7 heteroatoms. The van der Waals surface area contributed by atoms with Gasteiger partial charge in [-0.1, -0.05) is 6.07 Å². The normalized spacial score (nSPS) is 16.3. The number of nitrogens with one attached hydrogen (secondary N) is 1. The van der Waals surface area contributed by atoms with Gasteiger partial charge in [-0.15, -0.1) is 12.4 Å². The Kier molecular flexibility index (Phi) is 8.30. The highest BCUT2D eigenvalue weighted by Gasteiger charge is 2.26. The Morgan fingerprint density at radius 3 is 2.78 bits per heavy atom. The number of hydrogen-bond donors (Lipinski definition) is 2. The zero-order valence-electron chi connectivity index (χ0n) is 13.2. The van der Waals surface area contributed by atoms with Crippen molar-refractivity contribution >= 4 is 18.3 Å². The van der Waals surface area contributed by atoms with Crippen LogP contribution in [0.15, 0.2) is 18.2 Å².